The number of aliphatic hydroxyl groups excluding tert-OH is 1. The van der Waals surface area contributed by atoms with E-state index in [1.54, 1.807) is 13.8 Å². The number of rotatable bonds is 9. The molecule has 28 heavy (non-hydrogen) atoms. The number of fused-ring (bicyclic) bond motifs is 1. The van der Waals surface area contributed by atoms with Crippen LogP contribution in [0.5, 0.6) is 0 Å². The van der Waals surface area contributed by atoms with Crippen molar-refractivity contribution in [1.29, 1.82) is 0 Å². The molecule has 3 fully saturated rings. The van der Waals surface area contributed by atoms with E-state index >= 15 is 0 Å². The molecular formula is C20H32N2O6. The van der Waals surface area contributed by atoms with Crippen LogP contribution in [0, 0.1) is 11.8 Å². The van der Waals surface area contributed by atoms with Crippen molar-refractivity contribution >= 4 is 17.8 Å². The molecule has 3 aliphatic heterocycles. The SMILES string of the molecule is CCCCCNC(=O)C1N([C@H](C)CO)C(=O)[C@@H]2[C@@H](C(=O)OCC)[C@H]3CCC12O3. The van der Waals surface area contributed by atoms with Crippen LogP contribution in [-0.2, 0) is 23.9 Å². The smallest absolute Gasteiger partial charge is 0.312 e. The average Bonchev–Trinajstić information content (AvgIpc) is 3.32. The maximum atomic E-state index is 13.3. The molecule has 0 aromatic carbocycles. The van der Waals surface area contributed by atoms with Crippen LogP contribution in [0.25, 0.3) is 0 Å². The van der Waals surface area contributed by atoms with Gasteiger partial charge < -0.3 is 24.8 Å². The van der Waals surface area contributed by atoms with Crippen LogP contribution in [0.3, 0.4) is 0 Å². The number of hydrogen-bond acceptors (Lipinski definition) is 6. The summed E-state index contributed by atoms with van der Waals surface area (Å²) in [5.74, 6) is -2.42. The topological polar surface area (TPSA) is 105 Å². The van der Waals surface area contributed by atoms with Crippen LogP contribution in [-0.4, -0.2) is 71.3 Å². The Hall–Kier alpha value is -1.67. The maximum Gasteiger partial charge on any atom is 0.312 e. The average molecular weight is 396 g/mol. The predicted molar refractivity (Wildman–Crippen MR) is 100 cm³/mol. The first-order valence-corrected chi connectivity index (χ1v) is 10.5. The molecule has 0 radical (unpaired) electrons. The van der Waals surface area contributed by atoms with Crippen LogP contribution in [0.15, 0.2) is 0 Å². The molecule has 8 nitrogen and oxygen atoms in total. The van der Waals surface area contributed by atoms with Crippen molar-refractivity contribution in [2.75, 3.05) is 19.8 Å². The number of hydrogen-bond donors (Lipinski definition) is 2. The van der Waals surface area contributed by atoms with Gasteiger partial charge in [-0.2, -0.15) is 0 Å². The quantitative estimate of drug-likeness (QED) is 0.437. The second kappa shape index (κ2) is 8.37. The lowest BCUT2D eigenvalue weighted by Crippen LogP contribution is -2.57. The van der Waals surface area contributed by atoms with Crippen molar-refractivity contribution in [3.63, 3.8) is 0 Å². The Labute approximate surface area is 165 Å². The van der Waals surface area contributed by atoms with E-state index in [-0.39, 0.29) is 25.0 Å². The molecule has 0 aromatic heterocycles. The van der Waals surface area contributed by atoms with Crippen LogP contribution < -0.4 is 5.32 Å². The molecule has 2 bridgehead atoms. The fraction of sp³-hybridized carbons (Fsp3) is 0.850. The first-order valence-electron chi connectivity index (χ1n) is 10.5. The number of nitrogens with zero attached hydrogens (tertiary/aromatic N) is 1. The fourth-order valence-corrected chi connectivity index (χ4v) is 5.14. The van der Waals surface area contributed by atoms with E-state index in [4.69, 9.17) is 9.47 Å². The molecule has 3 heterocycles. The second-order valence-corrected chi connectivity index (χ2v) is 8.08. The van der Waals surface area contributed by atoms with Gasteiger partial charge in [0.25, 0.3) is 0 Å². The molecule has 3 rings (SSSR count). The summed E-state index contributed by atoms with van der Waals surface area (Å²) in [5, 5.41) is 12.6. The molecule has 6 atom stereocenters. The lowest BCUT2D eigenvalue weighted by molar-refractivity contribution is -0.155. The van der Waals surface area contributed by atoms with Gasteiger partial charge in [0, 0.05) is 6.54 Å². The number of carbonyl (C=O) groups is 3. The summed E-state index contributed by atoms with van der Waals surface area (Å²) in [6.07, 6.45) is 3.69. The Bertz CT molecular complexity index is 626. The van der Waals surface area contributed by atoms with Crippen molar-refractivity contribution in [3.05, 3.63) is 0 Å². The van der Waals surface area contributed by atoms with Gasteiger partial charge in [0.05, 0.1) is 37.2 Å². The highest BCUT2D eigenvalue weighted by Crippen LogP contribution is 2.58. The Morgan fingerprint density at radius 1 is 1.39 bits per heavy atom. The van der Waals surface area contributed by atoms with E-state index in [1.807, 2.05) is 0 Å². The van der Waals surface area contributed by atoms with Gasteiger partial charge in [-0.3, -0.25) is 14.4 Å². The van der Waals surface area contributed by atoms with Gasteiger partial charge in [-0.05, 0) is 33.1 Å². The number of nitrogens with one attached hydrogen (secondary N) is 1. The first-order chi connectivity index (χ1) is 13.4. The molecule has 0 aliphatic carbocycles. The molecule has 2 N–H and O–H groups in total. The summed E-state index contributed by atoms with van der Waals surface area (Å²) in [7, 11) is 0. The van der Waals surface area contributed by atoms with Crippen molar-refractivity contribution in [1.82, 2.24) is 10.2 Å². The lowest BCUT2D eigenvalue weighted by Gasteiger charge is -2.35. The number of unbranched alkanes of at least 4 members (excludes halogenated alkanes) is 2. The number of aliphatic hydroxyl groups is 1. The van der Waals surface area contributed by atoms with E-state index in [1.165, 1.54) is 4.90 Å². The molecular weight excluding hydrogens is 364 g/mol. The predicted octanol–water partition coefficient (Wildman–Crippen LogP) is 0.611. The lowest BCUT2D eigenvalue weighted by atomic mass is 9.71. The van der Waals surface area contributed by atoms with Gasteiger partial charge in [-0.1, -0.05) is 19.8 Å². The highest BCUT2D eigenvalue weighted by atomic mass is 16.6. The number of likely N-dealkylation sites (tertiary alicyclic amines) is 1. The highest BCUT2D eigenvalue weighted by Gasteiger charge is 2.75. The number of esters is 1. The molecule has 3 saturated heterocycles. The summed E-state index contributed by atoms with van der Waals surface area (Å²) in [6, 6.07) is -1.37. The zero-order valence-electron chi connectivity index (χ0n) is 17.0. The normalized spacial score (nSPS) is 34.4. The minimum Gasteiger partial charge on any atom is -0.466 e. The minimum atomic E-state index is -1.02. The zero-order chi connectivity index (χ0) is 20.5. The summed E-state index contributed by atoms with van der Waals surface area (Å²) < 4.78 is 11.4. The van der Waals surface area contributed by atoms with Gasteiger partial charge >= 0.3 is 5.97 Å². The molecule has 2 amide bonds. The van der Waals surface area contributed by atoms with E-state index in [2.05, 4.69) is 12.2 Å². The van der Waals surface area contributed by atoms with Crippen molar-refractivity contribution in [2.45, 2.75) is 76.7 Å². The monoisotopic (exact) mass is 396 g/mol. The van der Waals surface area contributed by atoms with Crippen molar-refractivity contribution < 1.29 is 29.0 Å². The van der Waals surface area contributed by atoms with Gasteiger partial charge in [0.1, 0.15) is 11.6 Å². The molecule has 1 spiro atoms. The number of ether oxygens (including phenoxy) is 2. The van der Waals surface area contributed by atoms with Crippen LogP contribution in [0.1, 0.15) is 52.9 Å². The van der Waals surface area contributed by atoms with Gasteiger partial charge in [0.15, 0.2) is 0 Å². The van der Waals surface area contributed by atoms with Crippen LogP contribution in [0.4, 0.5) is 0 Å². The van der Waals surface area contributed by atoms with E-state index in [0.29, 0.717) is 19.4 Å². The Morgan fingerprint density at radius 2 is 2.14 bits per heavy atom. The molecule has 8 heteroatoms. The molecule has 3 aliphatic rings. The largest absolute Gasteiger partial charge is 0.466 e. The molecule has 0 aromatic rings. The van der Waals surface area contributed by atoms with Gasteiger partial charge in [0.2, 0.25) is 11.8 Å². The Kier molecular flexibility index (Phi) is 6.29. The third kappa shape index (κ3) is 3.20. The van der Waals surface area contributed by atoms with Crippen molar-refractivity contribution in [3.8, 4) is 0 Å². The fourth-order valence-electron chi connectivity index (χ4n) is 5.14. The van der Waals surface area contributed by atoms with Gasteiger partial charge in [-0.15, -0.1) is 0 Å². The summed E-state index contributed by atoms with van der Waals surface area (Å²) >= 11 is 0. The molecule has 158 valence electrons. The van der Waals surface area contributed by atoms with E-state index < -0.39 is 41.6 Å². The van der Waals surface area contributed by atoms with Crippen molar-refractivity contribution in [2.24, 2.45) is 11.8 Å². The van der Waals surface area contributed by atoms with Gasteiger partial charge in [-0.25, -0.2) is 0 Å². The summed E-state index contributed by atoms with van der Waals surface area (Å²) in [6.45, 7) is 6.02. The second-order valence-electron chi connectivity index (χ2n) is 8.08. The third-order valence-electron chi connectivity index (χ3n) is 6.36. The molecule has 2 unspecified atom stereocenters. The Balaban J connectivity index is 1.90. The maximum absolute atomic E-state index is 13.3. The van der Waals surface area contributed by atoms with Crippen LogP contribution in [0.2, 0.25) is 0 Å². The minimum absolute atomic E-state index is 0.230. The zero-order valence-corrected chi connectivity index (χ0v) is 17.0. The van der Waals surface area contributed by atoms with E-state index in [0.717, 1.165) is 19.3 Å². The van der Waals surface area contributed by atoms with Crippen LogP contribution >= 0.6 is 0 Å². The number of amides is 2. The van der Waals surface area contributed by atoms with E-state index in [9.17, 15) is 19.5 Å². The summed E-state index contributed by atoms with van der Waals surface area (Å²) in [4.78, 5) is 40.5. The first kappa shape index (κ1) is 21.0. The number of carbonyl (C=O) groups excluding carboxylic acids is 3. The third-order valence-corrected chi connectivity index (χ3v) is 6.36. The molecule has 0 saturated carbocycles. The summed E-state index contributed by atoms with van der Waals surface area (Å²) in [5.41, 5.74) is -1.02. The highest BCUT2D eigenvalue weighted by molar-refractivity contribution is 5.98. The Morgan fingerprint density at radius 3 is 2.79 bits per heavy atom. The standard InChI is InChI=1S/C20H32N2O6/c1-4-6-7-10-21-17(24)16-20-9-8-13(28-20)14(19(26)27-5-2)15(20)18(25)22(16)12(3)11-23/h12-16,23H,4-11H2,1-3H3,(H,21,24)/t12-,13-,14+,15+,16?,20?/m1/s1.